The van der Waals surface area contributed by atoms with E-state index in [0.717, 1.165) is 62.0 Å². The van der Waals surface area contributed by atoms with Gasteiger partial charge < -0.3 is 14.2 Å². The second-order valence-corrected chi connectivity index (χ2v) is 8.17. The van der Waals surface area contributed by atoms with Crippen LogP contribution < -0.4 is 15.3 Å². The van der Waals surface area contributed by atoms with Crippen molar-refractivity contribution >= 4 is 16.6 Å². The number of fused-ring (bicyclic) bond motifs is 1. The monoisotopic (exact) mass is 406 g/mol. The molecule has 0 atom stereocenters. The maximum absolute atomic E-state index is 11.5. The molecule has 3 aromatic rings. The topological polar surface area (TPSA) is 76.4 Å². The molecule has 3 heterocycles. The number of nitrogens with zero attached hydrogens (tertiary/aromatic N) is 6. The van der Waals surface area contributed by atoms with Crippen molar-refractivity contribution in [2.75, 3.05) is 31.1 Å². The molecule has 0 spiro atoms. The zero-order valence-electron chi connectivity index (χ0n) is 17.2. The number of benzene rings is 1. The first kappa shape index (κ1) is 19.0. The van der Waals surface area contributed by atoms with Crippen LogP contribution in [0.3, 0.4) is 0 Å². The van der Waals surface area contributed by atoms with Gasteiger partial charge in [0, 0.05) is 63.4 Å². The Labute approximate surface area is 175 Å². The molecular formula is C22H26N6O2. The SMILES string of the molecule is Cn1cc(CN2CCN(c3ccc4ncnc(OC5CCC5)c4c3)CC2)cnc1=O. The summed E-state index contributed by atoms with van der Waals surface area (Å²) in [5, 5.41) is 0.987. The van der Waals surface area contributed by atoms with E-state index < -0.39 is 0 Å². The summed E-state index contributed by atoms with van der Waals surface area (Å²) in [6.07, 6.45) is 8.89. The predicted molar refractivity (Wildman–Crippen MR) is 115 cm³/mol. The minimum absolute atomic E-state index is 0.218. The Morgan fingerprint density at radius 2 is 1.93 bits per heavy atom. The van der Waals surface area contributed by atoms with Crippen LogP contribution in [0.1, 0.15) is 24.8 Å². The predicted octanol–water partition coefficient (Wildman–Crippen LogP) is 1.98. The van der Waals surface area contributed by atoms with Crippen LogP contribution in [0.5, 0.6) is 5.88 Å². The van der Waals surface area contributed by atoms with Crippen molar-refractivity contribution < 1.29 is 4.74 Å². The van der Waals surface area contributed by atoms with Crippen molar-refractivity contribution in [3.05, 3.63) is 53.0 Å². The second kappa shape index (κ2) is 8.02. The molecule has 0 bridgehead atoms. The van der Waals surface area contributed by atoms with Crippen molar-refractivity contribution in [1.29, 1.82) is 0 Å². The van der Waals surface area contributed by atoms with Gasteiger partial charge in [0.05, 0.1) is 10.9 Å². The van der Waals surface area contributed by atoms with Gasteiger partial charge in [-0.05, 0) is 37.5 Å². The molecule has 8 nitrogen and oxygen atoms in total. The van der Waals surface area contributed by atoms with Crippen LogP contribution in [-0.4, -0.2) is 56.7 Å². The lowest BCUT2D eigenvalue weighted by atomic mass is 9.96. The Hall–Kier alpha value is -3.00. The fourth-order valence-electron chi connectivity index (χ4n) is 4.03. The number of hydrogen-bond acceptors (Lipinski definition) is 7. The number of hydrogen-bond donors (Lipinski definition) is 0. The first-order valence-electron chi connectivity index (χ1n) is 10.6. The van der Waals surface area contributed by atoms with Crippen LogP contribution in [0.25, 0.3) is 10.9 Å². The summed E-state index contributed by atoms with van der Waals surface area (Å²) in [4.78, 5) is 29.0. The molecule has 156 valence electrons. The highest BCUT2D eigenvalue weighted by Gasteiger charge is 2.22. The summed E-state index contributed by atoms with van der Waals surface area (Å²) in [5.41, 5.74) is 2.94. The molecule has 0 unspecified atom stereocenters. The standard InChI is InChI=1S/C22H26N6O2/c1-26-13-16(12-23-22(26)29)14-27-7-9-28(10-8-27)17-5-6-20-19(11-17)21(25-15-24-20)30-18-3-2-4-18/h5-6,11-13,15,18H,2-4,7-10,14H2,1H3. The van der Waals surface area contributed by atoms with E-state index in [-0.39, 0.29) is 5.69 Å². The molecule has 1 aromatic carbocycles. The Balaban J connectivity index is 1.27. The summed E-state index contributed by atoms with van der Waals surface area (Å²) in [5.74, 6) is 0.701. The van der Waals surface area contributed by atoms with Crippen molar-refractivity contribution in [3.8, 4) is 5.88 Å². The Morgan fingerprint density at radius 3 is 2.67 bits per heavy atom. The van der Waals surface area contributed by atoms with Gasteiger partial charge in [-0.1, -0.05) is 0 Å². The summed E-state index contributed by atoms with van der Waals surface area (Å²) in [6, 6.07) is 6.35. The van der Waals surface area contributed by atoms with E-state index in [2.05, 4.69) is 43.0 Å². The third-order valence-electron chi connectivity index (χ3n) is 6.06. The van der Waals surface area contributed by atoms with Crippen molar-refractivity contribution in [2.45, 2.75) is 31.9 Å². The molecule has 2 aromatic heterocycles. The van der Waals surface area contributed by atoms with Crippen molar-refractivity contribution in [2.24, 2.45) is 7.05 Å². The Kier molecular flexibility index (Phi) is 5.08. The van der Waals surface area contributed by atoms with Gasteiger partial charge in [-0.15, -0.1) is 0 Å². The lowest BCUT2D eigenvalue weighted by Gasteiger charge is -2.36. The smallest absolute Gasteiger partial charge is 0.347 e. The highest BCUT2D eigenvalue weighted by atomic mass is 16.5. The Bertz CT molecular complexity index is 1100. The van der Waals surface area contributed by atoms with Crippen LogP contribution >= 0.6 is 0 Å². The summed E-state index contributed by atoms with van der Waals surface area (Å²) in [7, 11) is 1.74. The average Bonchev–Trinajstić information content (AvgIpc) is 2.74. The van der Waals surface area contributed by atoms with Gasteiger partial charge in [-0.2, -0.15) is 0 Å². The number of piperazine rings is 1. The first-order chi connectivity index (χ1) is 14.7. The van der Waals surface area contributed by atoms with E-state index in [1.165, 1.54) is 16.7 Å². The van der Waals surface area contributed by atoms with Crippen LogP contribution in [0.2, 0.25) is 0 Å². The van der Waals surface area contributed by atoms with E-state index in [4.69, 9.17) is 4.74 Å². The molecule has 5 rings (SSSR count). The van der Waals surface area contributed by atoms with E-state index in [1.807, 2.05) is 6.20 Å². The second-order valence-electron chi connectivity index (χ2n) is 8.17. The first-order valence-corrected chi connectivity index (χ1v) is 10.6. The molecule has 30 heavy (non-hydrogen) atoms. The van der Waals surface area contributed by atoms with Crippen LogP contribution in [0.15, 0.2) is 41.7 Å². The Morgan fingerprint density at radius 1 is 1.10 bits per heavy atom. The molecule has 1 saturated heterocycles. The van der Waals surface area contributed by atoms with Crippen molar-refractivity contribution in [3.63, 3.8) is 0 Å². The molecule has 1 aliphatic heterocycles. The molecule has 0 N–H and O–H groups in total. The fraction of sp³-hybridized carbons (Fsp3) is 0.455. The van der Waals surface area contributed by atoms with Crippen LogP contribution in [0.4, 0.5) is 5.69 Å². The van der Waals surface area contributed by atoms with Crippen molar-refractivity contribution in [1.82, 2.24) is 24.4 Å². The quantitative estimate of drug-likeness (QED) is 0.641. The van der Waals surface area contributed by atoms with Crippen LogP contribution in [0, 0.1) is 0 Å². The molecule has 8 heteroatoms. The minimum Gasteiger partial charge on any atom is -0.474 e. The maximum Gasteiger partial charge on any atom is 0.347 e. The number of aryl methyl sites for hydroxylation is 1. The zero-order chi connectivity index (χ0) is 20.5. The van der Waals surface area contributed by atoms with Gasteiger partial charge in [0.2, 0.25) is 5.88 Å². The molecule has 1 aliphatic carbocycles. The number of ether oxygens (including phenoxy) is 1. The van der Waals surface area contributed by atoms with Gasteiger partial charge in [0.25, 0.3) is 0 Å². The molecule has 1 saturated carbocycles. The van der Waals surface area contributed by atoms with E-state index >= 15 is 0 Å². The zero-order valence-corrected chi connectivity index (χ0v) is 17.2. The molecule has 2 aliphatic rings. The number of aromatic nitrogens is 4. The highest BCUT2D eigenvalue weighted by molar-refractivity contribution is 5.86. The lowest BCUT2D eigenvalue weighted by Crippen LogP contribution is -2.46. The third kappa shape index (κ3) is 3.87. The molecule has 0 radical (unpaired) electrons. The van der Waals surface area contributed by atoms with Gasteiger partial charge in [0.15, 0.2) is 0 Å². The average molecular weight is 406 g/mol. The normalized spacial score (nSPS) is 17.8. The molecular weight excluding hydrogens is 380 g/mol. The summed E-state index contributed by atoms with van der Waals surface area (Å²) < 4.78 is 7.63. The largest absolute Gasteiger partial charge is 0.474 e. The lowest BCUT2D eigenvalue weighted by molar-refractivity contribution is 0.116. The minimum atomic E-state index is -0.218. The van der Waals surface area contributed by atoms with E-state index in [0.29, 0.717) is 12.0 Å². The van der Waals surface area contributed by atoms with Gasteiger partial charge >= 0.3 is 5.69 Å². The summed E-state index contributed by atoms with van der Waals surface area (Å²) >= 11 is 0. The summed E-state index contributed by atoms with van der Waals surface area (Å²) in [6.45, 7) is 4.60. The third-order valence-corrected chi connectivity index (χ3v) is 6.06. The molecule has 2 fully saturated rings. The fourth-order valence-corrected chi connectivity index (χ4v) is 4.03. The maximum atomic E-state index is 11.5. The van der Waals surface area contributed by atoms with E-state index in [9.17, 15) is 4.79 Å². The van der Waals surface area contributed by atoms with E-state index in [1.54, 1.807) is 19.6 Å². The molecule has 0 amide bonds. The highest BCUT2D eigenvalue weighted by Crippen LogP contribution is 2.31. The van der Waals surface area contributed by atoms with Gasteiger partial charge in [-0.3, -0.25) is 4.90 Å². The number of anilines is 1. The van der Waals surface area contributed by atoms with Gasteiger partial charge in [0.1, 0.15) is 12.4 Å². The van der Waals surface area contributed by atoms with Gasteiger partial charge in [-0.25, -0.2) is 19.7 Å². The van der Waals surface area contributed by atoms with Crippen LogP contribution in [-0.2, 0) is 13.6 Å². The number of rotatable bonds is 5.